The summed E-state index contributed by atoms with van der Waals surface area (Å²) in [6, 6.07) is 25.9. The highest BCUT2D eigenvalue weighted by atomic mass is 35.5. The predicted octanol–water partition coefficient (Wildman–Crippen LogP) is 10.7. The average molecular weight is 530 g/mol. The van der Waals surface area contributed by atoms with Gasteiger partial charge in [0.25, 0.3) is 0 Å². The molecule has 4 aromatic rings. The van der Waals surface area contributed by atoms with Gasteiger partial charge < -0.3 is 5.32 Å². The molecule has 1 nitrogen and oxygen atoms in total. The van der Waals surface area contributed by atoms with Crippen molar-refractivity contribution in [2.45, 2.75) is 45.4 Å². The first-order chi connectivity index (χ1) is 18.6. The minimum atomic E-state index is -0.221. The molecule has 1 aliphatic heterocycles. The fourth-order valence-electron chi connectivity index (χ4n) is 5.86. The molecule has 0 unspecified atom stereocenters. The zero-order valence-electron chi connectivity index (χ0n) is 23.5. The summed E-state index contributed by atoms with van der Waals surface area (Å²) in [6.45, 7) is 15.6. The maximum Gasteiger partial charge on any atom is 0.0430 e. The van der Waals surface area contributed by atoms with Crippen molar-refractivity contribution in [3.05, 3.63) is 149 Å². The number of hydrogen-bond acceptors (Lipinski definition) is 1. The van der Waals surface area contributed by atoms with Gasteiger partial charge in [-0.2, -0.15) is 0 Å². The number of nitrogens with one attached hydrogen (secondary N) is 1. The third kappa shape index (κ3) is 5.00. The third-order valence-electron chi connectivity index (χ3n) is 8.13. The summed E-state index contributed by atoms with van der Waals surface area (Å²) in [5.74, 6) is 0. The Kier molecular flexibility index (Phi) is 7.14. The van der Waals surface area contributed by atoms with Crippen molar-refractivity contribution in [3.63, 3.8) is 0 Å². The van der Waals surface area contributed by atoms with Crippen molar-refractivity contribution in [1.82, 2.24) is 0 Å². The van der Waals surface area contributed by atoms with Gasteiger partial charge >= 0.3 is 0 Å². The van der Waals surface area contributed by atoms with E-state index < -0.39 is 0 Å². The Bertz CT molecular complexity index is 1710. The van der Waals surface area contributed by atoms with Gasteiger partial charge in [-0.3, -0.25) is 0 Å². The normalized spacial score (nSPS) is 16.5. The van der Waals surface area contributed by atoms with Crippen molar-refractivity contribution in [1.29, 1.82) is 0 Å². The molecule has 0 bridgehead atoms. The van der Waals surface area contributed by atoms with Crippen LogP contribution in [0.15, 0.2) is 132 Å². The Morgan fingerprint density at radius 1 is 0.846 bits per heavy atom. The van der Waals surface area contributed by atoms with Gasteiger partial charge in [-0.15, -0.1) is 0 Å². The molecule has 0 atom stereocenters. The van der Waals surface area contributed by atoms with Gasteiger partial charge in [-0.1, -0.05) is 131 Å². The van der Waals surface area contributed by atoms with Crippen LogP contribution in [0.2, 0.25) is 0 Å². The minimum Gasteiger partial charge on any atom is -0.358 e. The molecule has 0 amide bonds. The van der Waals surface area contributed by atoms with Gasteiger partial charge in [0.15, 0.2) is 0 Å². The van der Waals surface area contributed by atoms with E-state index in [1.54, 1.807) is 0 Å². The lowest BCUT2D eigenvalue weighted by atomic mass is 9.74. The number of benzene rings is 4. The van der Waals surface area contributed by atoms with E-state index in [1.165, 1.54) is 43.9 Å². The topological polar surface area (TPSA) is 12.0 Å². The van der Waals surface area contributed by atoms with Crippen LogP contribution in [0.5, 0.6) is 0 Å². The van der Waals surface area contributed by atoms with Crippen LogP contribution in [0.3, 0.4) is 0 Å². The minimum absolute atomic E-state index is 0.125. The number of hydrogen-bond donors (Lipinski definition) is 1. The van der Waals surface area contributed by atoms with Crippen LogP contribution >= 0.6 is 11.6 Å². The molecule has 196 valence electrons. The molecular weight excluding hydrogens is 494 g/mol. The lowest BCUT2D eigenvalue weighted by Gasteiger charge is -2.30. The van der Waals surface area contributed by atoms with Gasteiger partial charge in [0.1, 0.15) is 0 Å². The first kappa shape index (κ1) is 26.8. The molecule has 0 aliphatic carbocycles. The second-order valence-corrected chi connectivity index (χ2v) is 11.9. The third-order valence-corrected chi connectivity index (χ3v) is 8.39. The summed E-state index contributed by atoms with van der Waals surface area (Å²) in [5, 5.41) is 9.37. The molecule has 1 N–H and O–H groups in total. The fourth-order valence-corrected chi connectivity index (χ4v) is 6.01. The molecule has 4 aromatic carbocycles. The van der Waals surface area contributed by atoms with E-state index in [2.05, 4.69) is 131 Å². The van der Waals surface area contributed by atoms with E-state index in [4.69, 9.17) is 11.6 Å². The zero-order valence-corrected chi connectivity index (χ0v) is 24.2. The van der Waals surface area contributed by atoms with Crippen molar-refractivity contribution in [2.75, 3.05) is 5.32 Å². The maximum atomic E-state index is 6.57. The van der Waals surface area contributed by atoms with Crippen LogP contribution in [0, 0.1) is 6.92 Å². The van der Waals surface area contributed by atoms with Gasteiger partial charge in [-0.25, -0.2) is 0 Å². The molecule has 0 spiro atoms. The largest absolute Gasteiger partial charge is 0.358 e. The van der Waals surface area contributed by atoms with Gasteiger partial charge in [0.05, 0.1) is 0 Å². The zero-order chi connectivity index (χ0) is 27.8. The molecule has 0 radical (unpaired) electrons. The summed E-state index contributed by atoms with van der Waals surface area (Å²) in [5.41, 5.74) is 6.95. The smallest absolute Gasteiger partial charge is 0.0430 e. The van der Waals surface area contributed by atoms with Crippen LogP contribution < -0.4 is 5.32 Å². The Morgan fingerprint density at radius 3 is 2.23 bits per heavy atom. The van der Waals surface area contributed by atoms with E-state index >= 15 is 0 Å². The first-order valence-corrected chi connectivity index (χ1v) is 13.9. The summed E-state index contributed by atoms with van der Waals surface area (Å²) < 4.78 is 0. The van der Waals surface area contributed by atoms with Crippen molar-refractivity contribution in [2.24, 2.45) is 0 Å². The summed E-state index contributed by atoms with van der Waals surface area (Å²) >= 11 is 6.57. The summed E-state index contributed by atoms with van der Waals surface area (Å²) in [4.78, 5) is 0. The second kappa shape index (κ2) is 10.4. The number of allylic oxidation sites excluding steroid dienone is 9. The molecule has 1 heterocycles. The standard InChI is InChI=1S/C37H36ClN/c1-25-21-22-27-14-7-9-18-30(27)34(25)36(3,4)26(2)13-11-16-29(38)17-12-20-33-37(5,6)35-31-19-10-8-15-28(31)23-24-32(35)39-33/h7-24,39H,2H2,1,3-6H3/b13-11+,17-12+,29-16-,33-20+. The van der Waals surface area contributed by atoms with Crippen molar-refractivity contribution >= 4 is 38.8 Å². The highest BCUT2D eigenvalue weighted by molar-refractivity contribution is 6.31. The lowest BCUT2D eigenvalue weighted by molar-refractivity contribution is 0.643. The Labute approximate surface area is 237 Å². The fraction of sp³-hybridized carbons (Fsp3) is 0.189. The number of rotatable bonds is 6. The maximum absolute atomic E-state index is 6.57. The number of aryl methyl sites for hydroxylation is 1. The summed E-state index contributed by atoms with van der Waals surface area (Å²) in [6.07, 6.45) is 12.1. The SMILES string of the molecule is C=C(/C=C/C=C(Cl)/C=C/C=C1/Nc2ccc3ccccc3c2C1(C)C)C(C)(C)c1c(C)ccc2ccccc12. The molecule has 0 fully saturated rings. The Morgan fingerprint density at radius 2 is 1.49 bits per heavy atom. The van der Waals surface area contributed by atoms with E-state index in [0.29, 0.717) is 5.03 Å². The molecule has 5 rings (SSSR count). The van der Waals surface area contributed by atoms with Crippen molar-refractivity contribution in [3.8, 4) is 0 Å². The predicted molar refractivity (Wildman–Crippen MR) is 172 cm³/mol. The highest BCUT2D eigenvalue weighted by Crippen LogP contribution is 2.46. The molecular formula is C37H36ClN. The average Bonchev–Trinajstić information content (AvgIpc) is 3.18. The van der Waals surface area contributed by atoms with Gasteiger partial charge in [-0.05, 0) is 75.0 Å². The molecule has 1 aliphatic rings. The molecule has 2 heteroatoms. The van der Waals surface area contributed by atoms with Gasteiger partial charge in [0, 0.05) is 27.2 Å². The van der Waals surface area contributed by atoms with Crippen LogP contribution in [0.1, 0.15) is 44.4 Å². The number of halogens is 1. The van der Waals surface area contributed by atoms with Crippen LogP contribution in [0.4, 0.5) is 5.69 Å². The first-order valence-electron chi connectivity index (χ1n) is 13.5. The monoisotopic (exact) mass is 529 g/mol. The van der Waals surface area contributed by atoms with Crippen LogP contribution in [0.25, 0.3) is 21.5 Å². The molecule has 39 heavy (non-hydrogen) atoms. The summed E-state index contributed by atoms with van der Waals surface area (Å²) in [7, 11) is 0. The van der Waals surface area contributed by atoms with Crippen LogP contribution in [-0.4, -0.2) is 0 Å². The van der Waals surface area contributed by atoms with E-state index in [-0.39, 0.29) is 10.8 Å². The second-order valence-electron chi connectivity index (χ2n) is 11.4. The Hall–Kier alpha value is -3.81. The van der Waals surface area contributed by atoms with E-state index in [1.807, 2.05) is 24.3 Å². The number of fused-ring (bicyclic) bond motifs is 4. The molecule has 0 saturated carbocycles. The molecule has 0 saturated heterocycles. The number of anilines is 1. The van der Waals surface area contributed by atoms with E-state index in [0.717, 1.165) is 11.3 Å². The van der Waals surface area contributed by atoms with Crippen molar-refractivity contribution < 1.29 is 0 Å². The lowest BCUT2D eigenvalue weighted by Crippen LogP contribution is -2.20. The highest BCUT2D eigenvalue weighted by Gasteiger charge is 2.35. The Balaban J connectivity index is 1.32. The van der Waals surface area contributed by atoms with Gasteiger partial charge in [0.2, 0.25) is 0 Å². The molecule has 0 aromatic heterocycles. The van der Waals surface area contributed by atoms with E-state index in [9.17, 15) is 0 Å². The quantitative estimate of drug-likeness (QED) is 0.245. The van der Waals surface area contributed by atoms with Crippen LogP contribution in [-0.2, 0) is 10.8 Å².